The summed E-state index contributed by atoms with van der Waals surface area (Å²) in [6.45, 7) is 8.85. The number of aryl methyl sites for hydroxylation is 1. The number of nitrogens with zero attached hydrogens (tertiary/aromatic N) is 2. The topological polar surface area (TPSA) is 86.8 Å². The van der Waals surface area contributed by atoms with Gasteiger partial charge < -0.3 is 10.2 Å². The van der Waals surface area contributed by atoms with Crippen LogP contribution in [0.5, 0.6) is 0 Å². The minimum absolute atomic E-state index is 0.000718. The summed E-state index contributed by atoms with van der Waals surface area (Å²) < 4.78 is 28.7. The Morgan fingerprint density at radius 2 is 1.60 bits per heavy atom. The van der Waals surface area contributed by atoms with Crippen molar-refractivity contribution in [1.29, 1.82) is 0 Å². The van der Waals surface area contributed by atoms with Gasteiger partial charge in [-0.15, -0.1) is 0 Å². The average molecular weight is 605 g/mol. The molecule has 40 heavy (non-hydrogen) atoms. The van der Waals surface area contributed by atoms with Gasteiger partial charge in [0.1, 0.15) is 12.6 Å². The standard InChI is InChI=1S/C30H35Cl2N3O4S/c1-6-25(29(37)33-30(3,4)5)34(19-22-13-10-12-21(2)18-22)27(36)20-35(26-17-11-16-24(31)28(26)32)40(38,39)23-14-8-7-9-15-23/h7-18,25H,6,19-20H2,1-5H3,(H,33,37)/t25-/m0/s1. The van der Waals surface area contributed by atoms with E-state index in [9.17, 15) is 18.0 Å². The fourth-order valence-electron chi connectivity index (χ4n) is 4.30. The summed E-state index contributed by atoms with van der Waals surface area (Å²) in [7, 11) is -4.24. The number of hydrogen-bond acceptors (Lipinski definition) is 4. The number of sulfonamides is 1. The predicted octanol–water partition coefficient (Wildman–Crippen LogP) is 6.22. The van der Waals surface area contributed by atoms with Crippen LogP contribution in [0.4, 0.5) is 5.69 Å². The summed E-state index contributed by atoms with van der Waals surface area (Å²) in [6, 6.07) is 19.2. The van der Waals surface area contributed by atoms with Crippen molar-refractivity contribution in [1.82, 2.24) is 10.2 Å². The van der Waals surface area contributed by atoms with Gasteiger partial charge in [0.15, 0.2) is 0 Å². The van der Waals surface area contributed by atoms with Crippen molar-refractivity contribution in [2.75, 3.05) is 10.8 Å². The van der Waals surface area contributed by atoms with E-state index >= 15 is 0 Å². The Morgan fingerprint density at radius 3 is 2.20 bits per heavy atom. The summed E-state index contributed by atoms with van der Waals surface area (Å²) in [5.41, 5.74) is 1.35. The maximum absolute atomic E-state index is 14.1. The molecule has 0 spiro atoms. The number of nitrogens with one attached hydrogen (secondary N) is 1. The van der Waals surface area contributed by atoms with Crippen molar-refractivity contribution in [3.63, 3.8) is 0 Å². The van der Waals surface area contributed by atoms with Crippen molar-refractivity contribution in [2.24, 2.45) is 0 Å². The van der Waals surface area contributed by atoms with E-state index in [0.29, 0.717) is 6.42 Å². The minimum Gasteiger partial charge on any atom is -0.350 e. The molecule has 0 aliphatic carbocycles. The van der Waals surface area contributed by atoms with E-state index in [2.05, 4.69) is 5.32 Å². The number of carbonyl (C=O) groups excluding carboxylic acids is 2. The zero-order chi connectivity index (χ0) is 29.7. The fraction of sp³-hybridized carbons (Fsp3) is 0.333. The first-order valence-electron chi connectivity index (χ1n) is 12.9. The van der Waals surface area contributed by atoms with E-state index in [0.717, 1.165) is 15.4 Å². The summed E-state index contributed by atoms with van der Waals surface area (Å²) in [5.74, 6) is -0.887. The van der Waals surface area contributed by atoms with Gasteiger partial charge in [-0.25, -0.2) is 8.42 Å². The Hall–Kier alpha value is -3.07. The van der Waals surface area contributed by atoms with Crippen LogP contribution in [0.25, 0.3) is 0 Å². The van der Waals surface area contributed by atoms with Crippen LogP contribution in [0.3, 0.4) is 0 Å². The lowest BCUT2D eigenvalue weighted by Crippen LogP contribution is -2.55. The van der Waals surface area contributed by atoms with Gasteiger partial charge in [0.25, 0.3) is 10.0 Å². The van der Waals surface area contributed by atoms with Crippen molar-refractivity contribution < 1.29 is 18.0 Å². The van der Waals surface area contributed by atoms with E-state index in [1.54, 1.807) is 24.3 Å². The van der Waals surface area contributed by atoms with E-state index in [-0.39, 0.29) is 33.1 Å². The van der Waals surface area contributed by atoms with Crippen LogP contribution in [0.2, 0.25) is 10.0 Å². The van der Waals surface area contributed by atoms with Gasteiger partial charge in [-0.2, -0.15) is 0 Å². The summed E-state index contributed by atoms with van der Waals surface area (Å²) in [4.78, 5) is 28.9. The molecule has 0 bridgehead atoms. The first kappa shape index (κ1) is 31.5. The second-order valence-electron chi connectivity index (χ2n) is 10.6. The third kappa shape index (κ3) is 7.77. The van der Waals surface area contributed by atoms with E-state index in [1.807, 2.05) is 58.9 Å². The molecule has 0 saturated carbocycles. The second-order valence-corrected chi connectivity index (χ2v) is 13.2. The molecule has 0 heterocycles. The van der Waals surface area contributed by atoms with Crippen LogP contribution in [-0.2, 0) is 26.2 Å². The maximum atomic E-state index is 14.1. The van der Waals surface area contributed by atoms with Gasteiger partial charge in [-0.3, -0.25) is 13.9 Å². The van der Waals surface area contributed by atoms with E-state index in [4.69, 9.17) is 23.2 Å². The SMILES string of the molecule is CC[C@@H](C(=O)NC(C)(C)C)N(Cc1cccc(C)c1)C(=O)CN(c1cccc(Cl)c1Cl)S(=O)(=O)c1ccccc1. The highest BCUT2D eigenvalue weighted by atomic mass is 35.5. The van der Waals surface area contributed by atoms with E-state index < -0.39 is 34.1 Å². The Morgan fingerprint density at radius 1 is 0.950 bits per heavy atom. The molecule has 0 fully saturated rings. The summed E-state index contributed by atoms with van der Waals surface area (Å²) in [5, 5.41) is 3.10. The largest absolute Gasteiger partial charge is 0.350 e. The van der Waals surface area contributed by atoms with Gasteiger partial charge in [0.05, 0.1) is 20.6 Å². The molecule has 0 aliphatic heterocycles. The van der Waals surface area contributed by atoms with Crippen LogP contribution >= 0.6 is 23.2 Å². The molecule has 0 aliphatic rings. The number of amides is 2. The molecular formula is C30H35Cl2N3O4S. The normalized spacial score (nSPS) is 12.5. The van der Waals surface area contributed by atoms with Crippen molar-refractivity contribution in [3.8, 4) is 0 Å². The maximum Gasteiger partial charge on any atom is 0.264 e. The molecule has 1 atom stereocenters. The molecule has 1 N–H and O–H groups in total. The highest BCUT2D eigenvalue weighted by Gasteiger charge is 2.35. The summed E-state index contributed by atoms with van der Waals surface area (Å²) in [6.07, 6.45) is 0.322. The Bertz CT molecular complexity index is 1460. The third-order valence-electron chi connectivity index (χ3n) is 6.13. The van der Waals surface area contributed by atoms with Crippen molar-refractivity contribution in [3.05, 3.63) is 94.0 Å². The predicted molar refractivity (Wildman–Crippen MR) is 161 cm³/mol. The number of halogens is 2. The zero-order valence-corrected chi connectivity index (χ0v) is 25.6. The second kappa shape index (κ2) is 13.1. The zero-order valence-electron chi connectivity index (χ0n) is 23.3. The molecule has 0 aromatic heterocycles. The molecule has 2 amide bonds. The molecular weight excluding hydrogens is 569 g/mol. The smallest absolute Gasteiger partial charge is 0.264 e. The van der Waals surface area contributed by atoms with E-state index in [1.165, 1.54) is 29.2 Å². The van der Waals surface area contributed by atoms with Crippen LogP contribution in [-0.4, -0.2) is 43.3 Å². The van der Waals surface area contributed by atoms with Gasteiger partial charge >= 0.3 is 0 Å². The van der Waals surface area contributed by atoms with Crippen molar-refractivity contribution in [2.45, 2.75) is 64.1 Å². The number of benzene rings is 3. The van der Waals surface area contributed by atoms with Crippen LogP contribution < -0.4 is 9.62 Å². The van der Waals surface area contributed by atoms with Crippen LogP contribution in [0, 0.1) is 6.92 Å². The number of carbonyl (C=O) groups is 2. The fourth-order valence-corrected chi connectivity index (χ4v) is 6.19. The Kier molecular flexibility index (Phi) is 10.3. The van der Waals surface area contributed by atoms with Gasteiger partial charge in [0.2, 0.25) is 11.8 Å². The average Bonchev–Trinajstić information content (AvgIpc) is 2.88. The number of hydrogen-bond donors (Lipinski definition) is 1. The molecule has 0 unspecified atom stereocenters. The molecule has 3 rings (SSSR count). The van der Waals surface area contributed by atoms with Gasteiger partial charge in [-0.1, -0.05) is 84.2 Å². The molecule has 214 valence electrons. The monoisotopic (exact) mass is 603 g/mol. The lowest BCUT2D eigenvalue weighted by atomic mass is 10.0. The Balaban J connectivity index is 2.11. The highest BCUT2D eigenvalue weighted by Crippen LogP contribution is 2.35. The molecule has 3 aromatic carbocycles. The third-order valence-corrected chi connectivity index (χ3v) is 8.71. The molecule has 10 heteroatoms. The summed E-state index contributed by atoms with van der Waals surface area (Å²) >= 11 is 12.7. The first-order valence-corrected chi connectivity index (χ1v) is 15.1. The highest BCUT2D eigenvalue weighted by molar-refractivity contribution is 7.92. The van der Waals surface area contributed by atoms with Crippen LogP contribution in [0.15, 0.2) is 77.7 Å². The van der Waals surface area contributed by atoms with Crippen molar-refractivity contribution >= 4 is 50.7 Å². The lowest BCUT2D eigenvalue weighted by molar-refractivity contribution is -0.141. The molecule has 3 aromatic rings. The Labute approximate surface area is 247 Å². The number of rotatable bonds is 10. The quantitative estimate of drug-likeness (QED) is 0.298. The van der Waals surface area contributed by atoms with Gasteiger partial charge in [0, 0.05) is 12.1 Å². The molecule has 0 radical (unpaired) electrons. The lowest BCUT2D eigenvalue weighted by Gasteiger charge is -2.35. The van der Waals surface area contributed by atoms with Crippen LogP contribution in [0.1, 0.15) is 45.2 Å². The first-order chi connectivity index (χ1) is 18.7. The molecule has 0 saturated heterocycles. The van der Waals surface area contributed by atoms with Gasteiger partial charge in [-0.05, 0) is 63.9 Å². The minimum atomic E-state index is -4.24. The molecule has 7 nitrogen and oxygen atoms in total. The number of anilines is 1.